The summed E-state index contributed by atoms with van der Waals surface area (Å²) in [5.74, 6) is -3.50. The van der Waals surface area contributed by atoms with E-state index in [2.05, 4.69) is 0 Å². The van der Waals surface area contributed by atoms with Gasteiger partial charge in [-0.3, -0.25) is 4.79 Å². The van der Waals surface area contributed by atoms with E-state index in [0.717, 1.165) is 12.1 Å². The summed E-state index contributed by atoms with van der Waals surface area (Å²) in [5.41, 5.74) is 0.106. The second-order valence-corrected chi connectivity index (χ2v) is 5.51. The molecule has 0 atom stereocenters. The van der Waals surface area contributed by atoms with E-state index in [1.165, 1.54) is 0 Å². The molecule has 0 bridgehead atoms. The van der Waals surface area contributed by atoms with Crippen LogP contribution in [0.25, 0.3) is 0 Å². The Morgan fingerprint density at radius 3 is 2.12 bits per heavy atom. The predicted molar refractivity (Wildman–Crippen MR) is 55.4 cm³/mol. The lowest BCUT2D eigenvalue weighted by molar-refractivity contribution is -0.136. The molecule has 7 heteroatoms. The largest absolute Gasteiger partial charge is 0.481 e. The zero-order valence-electron chi connectivity index (χ0n) is 8.91. The first kappa shape index (κ1) is 13.6. The first-order valence-electron chi connectivity index (χ1n) is 4.61. The Balaban J connectivity index is 3.15. The molecule has 4 nitrogen and oxygen atoms in total. The van der Waals surface area contributed by atoms with Gasteiger partial charge in [0.25, 0.3) is 0 Å². The Bertz CT molecular complexity index is 528. The molecule has 0 saturated carbocycles. The van der Waals surface area contributed by atoms with Gasteiger partial charge in [0.1, 0.15) is 16.5 Å². The average Bonchev–Trinajstić information content (AvgIpc) is 2.11. The number of benzene rings is 1. The molecule has 0 spiro atoms. The van der Waals surface area contributed by atoms with Gasteiger partial charge < -0.3 is 5.11 Å². The van der Waals surface area contributed by atoms with Crippen LogP contribution in [-0.2, 0) is 21.1 Å². The number of aryl methyl sites for hydroxylation is 1. The summed E-state index contributed by atoms with van der Waals surface area (Å²) < 4.78 is 48.9. The molecular weight excluding hydrogens is 254 g/mol. The van der Waals surface area contributed by atoms with Crippen LogP contribution in [0.3, 0.4) is 0 Å². The van der Waals surface area contributed by atoms with Crippen molar-refractivity contribution in [2.45, 2.75) is 17.7 Å². The topological polar surface area (TPSA) is 71.4 Å². The summed E-state index contributed by atoms with van der Waals surface area (Å²) >= 11 is 0. The molecular formula is C10H10F2O4S. The van der Waals surface area contributed by atoms with Crippen molar-refractivity contribution in [3.8, 4) is 0 Å². The van der Waals surface area contributed by atoms with Gasteiger partial charge in [-0.25, -0.2) is 17.2 Å². The summed E-state index contributed by atoms with van der Waals surface area (Å²) in [6.07, 6.45) is 0.357. The third-order valence-electron chi connectivity index (χ3n) is 2.06. The first-order valence-corrected chi connectivity index (χ1v) is 6.50. The molecule has 0 fully saturated rings. The van der Waals surface area contributed by atoms with Gasteiger partial charge in [0.2, 0.25) is 0 Å². The predicted octanol–water partition coefficient (Wildman–Crippen LogP) is 1.39. The van der Waals surface area contributed by atoms with Gasteiger partial charge >= 0.3 is 5.97 Å². The summed E-state index contributed by atoms with van der Waals surface area (Å²) in [7, 11) is -3.98. The van der Waals surface area contributed by atoms with Crippen molar-refractivity contribution < 1.29 is 27.1 Å². The van der Waals surface area contributed by atoms with Gasteiger partial charge in [-0.1, -0.05) is 0 Å². The summed E-state index contributed by atoms with van der Waals surface area (Å²) in [6, 6.07) is 1.67. The minimum absolute atomic E-state index is 0.0623. The number of sulfone groups is 1. The molecule has 1 aromatic rings. The monoisotopic (exact) mass is 264 g/mol. The summed E-state index contributed by atoms with van der Waals surface area (Å²) in [6.45, 7) is 0. The van der Waals surface area contributed by atoms with Crippen molar-refractivity contribution in [3.05, 3.63) is 29.3 Å². The minimum Gasteiger partial charge on any atom is -0.481 e. The number of carboxylic acid groups (broad SMARTS) is 1. The van der Waals surface area contributed by atoms with Gasteiger partial charge in [-0.2, -0.15) is 0 Å². The third kappa shape index (κ3) is 3.48. The molecule has 94 valence electrons. The Morgan fingerprint density at radius 2 is 1.76 bits per heavy atom. The fraction of sp³-hybridized carbons (Fsp3) is 0.300. The van der Waals surface area contributed by atoms with Crippen LogP contribution in [0, 0.1) is 11.6 Å². The van der Waals surface area contributed by atoms with E-state index in [-0.39, 0.29) is 18.4 Å². The van der Waals surface area contributed by atoms with Crippen LogP contribution in [0.15, 0.2) is 17.0 Å². The number of aliphatic carboxylic acids is 1. The van der Waals surface area contributed by atoms with Crippen LogP contribution < -0.4 is 0 Å². The number of carboxylic acids is 1. The maximum absolute atomic E-state index is 13.4. The van der Waals surface area contributed by atoms with Gasteiger partial charge in [-0.15, -0.1) is 0 Å². The molecule has 0 unspecified atom stereocenters. The molecule has 1 aromatic carbocycles. The van der Waals surface area contributed by atoms with E-state index in [4.69, 9.17) is 5.11 Å². The van der Waals surface area contributed by atoms with Crippen molar-refractivity contribution in [2.75, 3.05) is 6.26 Å². The lowest BCUT2D eigenvalue weighted by Crippen LogP contribution is -2.06. The molecule has 1 rings (SSSR count). The van der Waals surface area contributed by atoms with Gasteiger partial charge in [0.05, 0.1) is 0 Å². The summed E-state index contributed by atoms with van der Waals surface area (Å²) in [5, 5.41) is 8.41. The zero-order chi connectivity index (χ0) is 13.2. The number of carbonyl (C=O) groups is 1. The van der Waals surface area contributed by atoms with Crippen LogP contribution in [0.4, 0.5) is 8.78 Å². The third-order valence-corrected chi connectivity index (χ3v) is 3.19. The highest BCUT2D eigenvalue weighted by Gasteiger charge is 2.20. The van der Waals surface area contributed by atoms with Crippen LogP contribution in [0.1, 0.15) is 12.0 Å². The maximum Gasteiger partial charge on any atom is 0.303 e. The van der Waals surface area contributed by atoms with Crippen molar-refractivity contribution in [2.24, 2.45) is 0 Å². The Hall–Kier alpha value is -1.50. The van der Waals surface area contributed by atoms with Gasteiger partial charge in [0.15, 0.2) is 9.84 Å². The van der Waals surface area contributed by atoms with Crippen LogP contribution in [0.5, 0.6) is 0 Å². The normalized spacial score (nSPS) is 11.5. The fourth-order valence-corrected chi connectivity index (χ4v) is 2.19. The first-order chi connectivity index (χ1) is 7.71. The highest BCUT2D eigenvalue weighted by atomic mass is 32.2. The SMILES string of the molecule is CS(=O)(=O)c1c(F)cc(CCC(=O)O)cc1F. The van der Waals surface area contributed by atoms with E-state index in [1.54, 1.807) is 0 Å². The highest BCUT2D eigenvalue weighted by molar-refractivity contribution is 7.90. The highest BCUT2D eigenvalue weighted by Crippen LogP contribution is 2.21. The van der Waals surface area contributed by atoms with E-state index in [9.17, 15) is 22.0 Å². The van der Waals surface area contributed by atoms with Crippen molar-refractivity contribution in [1.82, 2.24) is 0 Å². The molecule has 0 heterocycles. The molecule has 0 saturated heterocycles. The number of hydrogen-bond acceptors (Lipinski definition) is 3. The van der Waals surface area contributed by atoms with Crippen LogP contribution >= 0.6 is 0 Å². The Labute approximate surface area is 96.8 Å². The van der Waals surface area contributed by atoms with Gasteiger partial charge in [0, 0.05) is 12.7 Å². The molecule has 17 heavy (non-hydrogen) atoms. The second kappa shape index (κ2) is 4.79. The molecule has 0 radical (unpaired) electrons. The molecule has 0 aromatic heterocycles. The maximum atomic E-state index is 13.4. The smallest absolute Gasteiger partial charge is 0.303 e. The Kier molecular flexibility index (Phi) is 3.82. The fourth-order valence-electron chi connectivity index (χ4n) is 1.36. The number of hydrogen-bond donors (Lipinski definition) is 1. The molecule has 0 aliphatic carbocycles. The van der Waals surface area contributed by atoms with E-state index in [1.807, 2.05) is 0 Å². The van der Waals surface area contributed by atoms with E-state index >= 15 is 0 Å². The molecule has 0 aliphatic heterocycles. The quantitative estimate of drug-likeness (QED) is 0.892. The van der Waals surface area contributed by atoms with Crippen molar-refractivity contribution >= 4 is 15.8 Å². The van der Waals surface area contributed by atoms with E-state index in [0.29, 0.717) is 6.26 Å². The van der Waals surface area contributed by atoms with Crippen molar-refractivity contribution in [3.63, 3.8) is 0 Å². The number of rotatable bonds is 4. The average molecular weight is 264 g/mol. The molecule has 0 amide bonds. The lowest BCUT2D eigenvalue weighted by Gasteiger charge is -2.05. The lowest BCUT2D eigenvalue weighted by atomic mass is 10.1. The minimum atomic E-state index is -3.98. The molecule has 0 aliphatic rings. The van der Waals surface area contributed by atoms with E-state index < -0.39 is 32.3 Å². The number of halogens is 2. The second-order valence-electron chi connectivity index (χ2n) is 3.55. The molecule has 1 N–H and O–H groups in total. The van der Waals surface area contributed by atoms with Gasteiger partial charge in [-0.05, 0) is 24.1 Å². The van der Waals surface area contributed by atoms with Crippen LogP contribution in [0.2, 0.25) is 0 Å². The Morgan fingerprint density at radius 1 is 1.29 bits per heavy atom. The van der Waals surface area contributed by atoms with Crippen molar-refractivity contribution in [1.29, 1.82) is 0 Å². The zero-order valence-corrected chi connectivity index (χ0v) is 9.72. The summed E-state index contributed by atoms with van der Waals surface area (Å²) in [4.78, 5) is 9.30. The standard InChI is InChI=1S/C10H10F2O4S/c1-17(15,16)10-7(11)4-6(5-8(10)12)2-3-9(13)14/h4-5H,2-3H2,1H3,(H,13,14). The van der Waals surface area contributed by atoms with Crippen LogP contribution in [-0.4, -0.2) is 25.7 Å².